The molecule has 0 atom stereocenters. The van der Waals surface area contributed by atoms with Crippen LogP contribution in [-0.4, -0.2) is 9.97 Å². The topological polar surface area (TPSA) is 25.8 Å². The molecule has 0 amide bonds. The molecule has 3 rings (SSSR count). The van der Waals surface area contributed by atoms with Crippen molar-refractivity contribution in [3.8, 4) is 22.5 Å². The van der Waals surface area contributed by atoms with Crippen molar-refractivity contribution in [1.29, 1.82) is 0 Å². The Labute approximate surface area is 165 Å². The molecule has 4 heteroatoms. The summed E-state index contributed by atoms with van der Waals surface area (Å²) in [5.41, 5.74) is 4.26. The van der Waals surface area contributed by atoms with Crippen molar-refractivity contribution < 1.29 is 8.78 Å². The second-order valence-corrected chi connectivity index (χ2v) is 7.25. The number of aromatic nitrogens is 2. The third-order valence-corrected chi connectivity index (χ3v) is 4.63. The summed E-state index contributed by atoms with van der Waals surface area (Å²) in [5.74, 6) is -0.688. The van der Waals surface area contributed by atoms with Crippen LogP contribution in [0.4, 0.5) is 8.78 Å². The van der Waals surface area contributed by atoms with Crippen LogP contribution in [0, 0.1) is 17.6 Å². The molecule has 2 aromatic carbocycles. The van der Waals surface area contributed by atoms with E-state index in [0.717, 1.165) is 23.2 Å². The van der Waals surface area contributed by atoms with Gasteiger partial charge in [-0.15, -0.1) is 0 Å². The van der Waals surface area contributed by atoms with Gasteiger partial charge in [0.05, 0.1) is 17.1 Å². The summed E-state index contributed by atoms with van der Waals surface area (Å²) in [6.45, 7) is 9.73. The number of hydrogen-bond acceptors (Lipinski definition) is 2. The maximum atomic E-state index is 14.4. The smallest absolute Gasteiger partial charge is 0.129 e. The fourth-order valence-electron chi connectivity index (χ4n) is 3.21. The van der Waals surface area contributed by atoms with Crippen molar-refractivity contribution in [3.05, 3.63) is 77.6 Å². The van der Waals surface area contributed by atoms with Gasteiger partial charge in [0.15, 0.2) is 0 Å². The highest BCUT2D eigenvalue weighted by Crippen LogP contribution is 2.31. The second-order valence-electron chi connectivity index (χ2n) is 7.25. The predicted octanol–water partition coefficient (Wildman–Crippen LogP) is 6.49. The van der Waals surface area contributed by atoms with Crippen molar-refractivity contribution >= 4 is 6.08 Å². The zero-order valence-corrected chi connectivity index (χ0v) is 16.5. The molecule has 1 aromatic heterocycles. The quantitative estimate of drug-likeness (QED) is 0.490. The van der Waals surface area contributed by atoms with E-state index in [2.05, 4.69) is 25.4 Å². The molecule has 0 saturated carbocycles. The van der Waals surface area contributed by atoms with E-state index in [1.807, 2.05) is 24.3 Å². The van der Waals surface area contributed by atoms with Crippen LogP contribution in [0.5, 0.6) is 0 Å². The zero-order valence-electron chi connectivity index (χ0n) is 16.5. The first-order valence-electron chi connectivity index (χ1n) is 9.50. The number of hydrogen-bond donors (Lipinski definition) is 0. The molecular formula is C24H24F2N2. The van der Waals surface area contributed by atoms with E-state index < -0.39 is 11.6 Å². The molecule has 144 valence electrons. The molecule has 0 aliphatic heterocycles. The van der Waals surface area contributed by atoms with Crippen molar-refractivity contribution in [1.82, 2.24) is 9.97 Å². The molecule has 28 heavy (non-hydrogen) atoms. The maximum absolute atomic E-state index is 14.4. The van der Waals surface area contributed by atoms with E-state index >= 15 is 0 Å². The highest BCUT2D eigenvalue weighted by Gasteiger charge is 2.17. The van der Waals surface area contributed by atoms with Crippen LogP contribution < -0.4 is 0 Å². The van der Waals surface area contributed by atoms with Crippen LogP contribution in [0.3, 0.4) is 0 Å². The Kier molecular flexibility index (Phi) is 5.98. The van der Waals surface area contributed by atoms with Gasteiger partial charge in [0.1, 0.15) is 11.6 Å². The molecule has 3 aromatic rings. The Morgan fingerprint density at radius 3 is 2.18 bits per heavy atom. The van der Waals surface area contributed by atoms with Crippen molar-refractivity contribution in [2.75, 3.05) is 0 Å². The lowest BCUT2D eigenvalue weighted by molar-refractivity contribution is 0.559. The highest BCUT2D eigenvalue weighted by atomic mass is 19.1. The lowest BCUT2D eigenvalue weighted by Crippen LogP contribution is -2.03. The molecule has 0 radical (unpaired) electrons. The first kappa shape index (κ1) is 19.9. The van der Waals surface area contributed by atoms with Gasteiger partial charge in [-0.3, -0.25) is 4.98 Å². The SMILES string of the molecule is C=Cc1ccc(-c2nc(CC(C)C)cnc2-c2cc(F)c(CC)c(F)c2)cc1. The molecule has 0 spiro atoms. The van der Waals surface area contributed by atoms with Gasteiger partial charge in [0.25, 0.3) is 0 Å². The van der Waals surface area contributed by atoms with Gasteiger partial charge < -0.3 is 0 Å². The van der Waals surface area contributed by atoms with E-state index in [0.29, 0.717) is 29.3 Å². The lowest BCUT2D eigenvalue weighted by atomic mass is 10.00. The Morgan fingerprint density at radius 2 is 1.64 bits per heavy atom. The molecular weight excluding hydrogens is 354 g/mol. The zero-order chi connectivity index (χ0) is 20.3. The Hall–Kier alpha value is -2.88. The molecule has 0 fully saturated rings. The summed E-state index contributed by atoms with van der Waals surface area (Å²) in [6.07, 6.45) is 4.54. The average Bonchev–Trinajstić information content (AvgIpc) is 2.67. The Bertz CT molecular complexity index is 969. The molecule has 0 aliphatic rings. The maximum Gasteiger partial charge on any atom is 0.129 e. The largest absolute Gasteiger partial charge is 0.252 e. The van der Waals surface area contributed by atoms with Gasteiger partial charge in [-0.1, -0.05) is 57.7 Å². The normalized spacial score (nSPS) is 11.1. The van der Waals surface area contributed by atoms with Crippen LogP contribution >= 0.6 is 0 Å². The first-order chi connectivity index (χ1) is 13.4. The number of halogens is 2. The molecule has 2 nitrogen and oxygen atoms in total. The van der Waals surface area contributed by atoms with Crippen molar-refractivity contribution in [2.24, 2.45) is 5.92 Å². The molecule has 0 aliphatic carbocycles. The molecule has 1 heterocycles. The fourth-order valence-corrected chi connectivity index (χ4v) is 3.21. The summed E-state index contributed by atoms with van der Waals surface area (Å²) in [5, 5.41) is 0. The lowest BCUT2D eigenvalue weighted by Gasteiger charge is -2.13. The van der Waals surface area contributed by atoms with E-state index in [1.165, 1.54) is 12.1 Å². The number of benzene rings is 2. The second kappa shape index (κ2) is 8.42. The summed E-state index contributed by atoms with van der Waals surface area (Å²) >= 11 is 0. The molecule has 0 saturated heterocycles. The minimum absolute atomic E-state index is 0.0880. The minimum Gasteiger partial charge on any atom is -0.252 e. The van der Waals surface area contributed by atoms with E-state index in [-0.39, 0.29) is 5.56 Å². The third kappa shape index (κ3) is 4.16. The van der Waals surface area contributed by atoms with E-state index in [9.17, 15) is 8.78 Å². The van der Waals surface area contributed by atoms with Crippen LogP contribution in [0.1, 0.15) is 37.6 Å². The third-order valence-electron chi connectivity index (χ3n) is 4.63. The van der Waals surface area contributed by atoms with Crippen molar-refractivity contribution in [3.63, 3.8) is 0 Å². The Balaban J connectivity index is 2.18. The highest BCUT2D eigenvalue weighted by molar-refractivity contribution is 5.78. The van der Waals surface area contributed by atoms with Gasteiger partial charge in [-0.2, -0.15) is 0 Å². The molecule has 0 bridgehead atoms. The molecule has 0 unspecified atom stereocenters. The van der Waals surface area contributed by atoms with Crippen LogP contribution in [0.2, 0.25) is 0 Å². The van der Waals surface area contributed by atoms with Gasteiger partial charge in [-0.05, 0) is 36.5 Å². The summed E-state index contributed by atoms with van der Waals surface area (Å²) in [7, 11) is 0. The van der Waals surface area contributed by atoms with Gasteiger partial charge in [0, 0.05) is 22.9 Å². The van der Waals surface area contributed by atoms with Gasteiger partial charge in [-0.25, -0.2) is 13.8 Å². The van der Waals surface area contributed by atoms with Gasteiger partial charge >= 0.3 is 0 Å². The molecule has 0 N–H and O–H groups in total. The summed E-state index contributed by atoms with van der Waals surface area (Å²) in [6, 6.07) is 10.4. The minimum atomic E-state index is -0.557. The first-order valence-corrected chi connectivity index (χ1v) is 9.50. The van der Waals surface area contributed by atoms with E-state index in [4.69, 9.17) is 4.98 Å². The average molecular weight is 378 g/mol. The van der Waals surface area contributed by atoms with Gasteiger partial charge in [0.2, 0.25) is 0 Å². The van der Waals surface area contributed by atoms with Crippen LogP contribution in [0.25, 0.3) is 28.6 Å². The van der Waals surface area contributed by atoms with E-state index in [1.54, 1.807) is 19.2 Å². The summed E-state index contributed by atoms with van der Waals surface area (Å²) < 4.78 is 28.8. The number of rotatable bonds is 6. The van der Waals surface area contributed by atoms with Crippen LogP contribution in [-0.2, 0) is 12.8 Å². The fraction of sp³-hybridized carbons (Fsp3) is 0.250. The summed E-state index contributed by atoms with van der Waals surface area (Å²) in [4.78, 5) is 9.33. The van der Waals surface area contributed by atoms with Crippen LogP contribution in [0.15, 0.2) is 49.2 Å². The monoisotopic (exact) mass is 378 g/mol. The number of nitrogens with zero attached hydrogens (tertiary/aromatic N) is 2. The Morgan fingerprint density at radius 1 is 1.00 bits per heavy atom. The van der Waals surface area contributed by atoms with Crippen molar-refractivity contribution in [2.45, 2.75) is 33.6 Å². The standard InChI is InChI=1S/C24H24F2N2/c1-5-16-7-9-17(10-8-16)24-23(27-14-19(28-24)11-15(3)4)18-12-21(25)20(6-2)22(26)13-18/h5,7-10,12-15H,1,6,11H2,2-4H3. The predicted molar refractivity (Wildman–Crippen MR) is 111 cm³/mol.